The van der Waals surface area contributed by atoms with Gasteiger partial charge in [-0.25, -0.2) is 4.39 Å². The molecule has 2 aromatic carbocycles. The number of ether oxygens (including phenoxy) is 2. The second-order valence-electron chi connectivity index (χ2n) is 4.87. The zero-order valence-electron chi connectivity index (χ0n) is 13.2. The average Bonchev–Trinajstić information content (AvgIpc) is 2.55. The molecule has 0 spiro atoms. The standard InChI is InChI=1S/C18H18FNO3/c1-12-10-16(22-2)17(23-3)11-15(12)20-18(21)9-8-13-6-4-5-7-14(13)19/h4-11H,1-3H3,(H,20,21). The van der Waals surface area contributed by atoms with Crippen LogP contribution in [0.4, 0.5) is 10.1 Å². The number of hydrogen-bond donors (Lipinski definition) is 1. The van der Waals surface area contributed by atoms with Crippen LogP contribution in [0.25, 0.3) is 6.08 Å². The predicted molar refractivity (Wildman–Crippen MR) is 88.3 cm³/mol. The van der Waals surface area contributed by atoms with Crippen LogP contribution in [0.5, 0.6) is 11.5 Å². The fourth-order valence-corrected chi connectivity index (χ4v) is 2.07. The Labute approximate surface area is 134 Å². The first kappa shape index (κ1) is 16.5. The molecule has 4 nitrogen and oxygen atoms in total. The van der Waals surface area contributed by atoms with E-state index in [0.717, 1.165) is 5.56 Å². The maximum atomic E-state index is 13.5. The molecule has 0 saturated carbocycles. The minimum Gasteiger partial charge on any atom is -0.493 e. The number of aryl methyl sites for hydroxylation is 1. The van der Waals surface area contributed by atoms with Crippen molar-refractivity contribution in [2.24, 2.45) is 0 Å². The van der Waals surface area contributed by atoms with Crippen LogP contribution in [-0.2, 0) is 4.79 Å². The summed E-state index contributed by atoms with van der Waals surface area (Å²) in [6, 6.07) is 9.70. The van der Waals surface area contributed by atoms with Crippen LogP contribution in [0, 0.1) is 12.7 Å². The summed E-state index contributed by atoms with van der Waals surface area (Å²) >= 11 is 0. The van der Waals surface area contributed by atoms with Gasteiger partial charge in [-0.2, -0.15) is 0 Å². The average molecular weight is 315 g/mol. The molecule has 0 saturated heterocycles. The van der Waals surface area contributed by atoms with E-state index >= 15 is 0 Å². The summed E-state index contributed by atoms with van der Waals surface area (Å²) in [5, 5.41) is 2.74. The number of anilines is 1. The van der Waals surface area contributed by atoms with Crippen molar-refractivity contribution in [2.45, 2.75) is 6.92 Å². The van der Waals surface area contributed by atoms with E-state index in [9.17, 15) is 9.18 Å². The maximum Gasteiger partial charge on any atom is 0.248 e. The lowest BCUT2D eigenvalue weighted by Gasteiger charge is -2.12. The predicted octanol–water partition coefficient (Wildman–Crippen LogP) is 3.80. The quantitative estimate of drug-likeness (QED) is 0.854. The van der Waals surface area contributed by atoms with Crippen molar-refractivity contribution >= 4 is 17.7 Å². The Bertz CT molecular complexity index is 741. The SMILES string of the molecule is COc1cc(C)c(NC(=O)C=Cc2ccccc2F)cc1OC. The van der Waals surface area contributed by atoms with Crippen molar-refractivity contribution in [3.63, 3.8) is 0 Å². The summed E-state index contributed by atoms with van der Waals surface area (Å²) in [6.07, 6.45) is 2.72. The molecule has 23 heavy (non-hydrogen) atoms. The molecule has 1 amide bonds. The Kier molecular flexibility index (Phi) is 5.36. The smallest absolute Gasteiger partial charge is 0.248 e. The molecule has 0 unspecified atom stereocenters. The number of halogens is 1. The molecular formula is C18H18FNO3. The van der Waals surface area contributed by atoms with E-state index in [-0.39, 0.29) is 11.7 Å². The minimum absolute atomic E-state index is 0.353. The van der Waals surface area contributed by atoms with Crippen LogP contribution in [-0.4, -0.2) is 20.1 Å². The van der Waals surface area contributed by atoms with Crippen LogP contribution in [0.15, 0.2) is 42.5 Å². The number of methoxy groups -OCH3 is 2. The lowest BCUT2D eigenvalue weighted by molar-refractivity contribution is -0.111. The fraction of sp³-hybridized carbons (Fsp3) is 0.167. The van der Waals surface area contributed by atoms with Gasteiger partial charge < -0.3 is 14.8 Å². The van der Waals surface area contributed by atoms with Gasteiger partial charge in [0.2, 0.25) is 5.91 Å². The van der Waals surface area contributed by atoms with Crippen molar-refractivity contribution in [1.29, 1.82) is 0 Å². The molecule has 2 aromatic rings. The molecule has 0 fully saturated rings. The molecular weight excluding hydrogens is 297 g/mol. The molecule has 1 N–H and O–H groups in total. The van der Waals surface area contributed by atoms with Crippen LogP contribution in [0.2, 0.25) is 0 Å². The highest BCUT2D eigenvalue weighted by Gasteiger charge is 2.10. The summed E-state index contributed by atoms with van der Waals surface area (Å²) in [5.41, 5.74) is 1.79. The van der Waals surface area contributed by atoms with Gasteiger partial charge in [0, 0.05) is 23.4 Å². The van der Waals surface area contributed by atoms with Gasteiger partial charge in [0.25, 0.3) is 0 Å². The third kappa shape index (κ3) is 4.10. The van der Waals surface area contributed by atoms with Gasteiger partial charge >= 0.3 is 0 Å². The monoisotopic (exact) mass is 315 g/mol. The van der Waals surface area contributed by atoms with Crippen LogP contribution < -0.4 is 14.8 Å². The fourth-order valence-electron chi connectivity index (χ4n) is 2.07. The highest BCUT2D eigenvalue weighted by Crippen LogP contribution is 2.32. The molecule has 0 heterocycles. The Morgan fingerprint density at radius 2 is 1.78 bits per heavy atom. The summed E-state index contributed by atoms with van der Waals surface area (Å²) in [7, 11) is 3.07. The molecule has 0 bridgehead atoms. The first-order valence-electron chi connectivity index (χ1n) is 7.01. The third-order valence-electron chi connectivity index (χ3n) is 3.31. The van der Waals surface area contributed by atoms with E-state index < -0.39 is 0 Å². The van der Waals surface area contributed by atoms with Crippen molar-refractivity contribution in [3.05, 3.63) is 59.4 Å². The van der Waals surface area contributed by atoms with E-state index in [1.807, 2.05) is 6.92 Å². The second kappa shape index (κ2) is 7.45. The van der Waals surface area contributed by atoms with E-state index in [4.69, 9.17) is 9.47 Å². The summed E-state index contributed by atoms with van der Waals surface area (Å²) in [6.45, 7) is 1.85. The first-order valence-corrected chi connectivity index (χ1v) is 7.01. The molecule has 0 aliphatic carbocycles. The van der Waals surface area contributed by atoms with Crippen LogP contribution in [0.3, 0.4) is 0 Å². The Morgan fingerprint density at radius 3 is 2.43 bits per heavy atom. The number of rotatable bonds is 5. The largest absolute Gasteiger partial charge is 0.493 e. The molecule has 120 valence electrons. The third-order valence-corrected chi connectivity index (χ3v) is 3.31. The normalized spacial score (nSPS) is 10.6. The van der Waals surface area contributed by atoms with Crippen LogP contribution >= 0.6 is 0 Å². The van der Waals surface area contributed by atoms with E-state index in [2.05, 4.69) is 5.32 Å². The van der Waals surface area contributed by atoms with Gasteiger partial charge in [-0.15, -0.1) is 0 Å². The zero-order valence-corrected chi connectivity index (χ0v) is 13.2. The van der Waals surface area contributed by atoms with Gasteiger partial charge in [-0.05, 0) is 30.7 Å². The van der Waals surface area contributed by atoms with E-state index in [1.54, 1.807) is 37.4 Å². The summed E-state index contributed by atoms with van der Waals surface area (Å²) in [5.74, 6) is 0.374. The number of carbonyl (C=O) groups is 1. The van der Waals surface area contributed by atoms with Crippen LogP contribution in [0.1, 0.15) is 11.1 Å². The van der Waals surface area contributed by atoms with Gasteiger partial charge in [-0.1, -0.05) is 18.2 Å². The van der Waals surface area contributed by atoms with Gasteiger partial charge in [-0.3, -0.25) is 4.79 Å². The lowest BCUT2D eigenvalue weighted by atomic mass is 10.1. The molecule has 2 rings (SSSR count). The Morgan fingerprint density at radius 1 is 1.13 bits per heavy atom. The molecule has 0 aliphatic rings. The zero-order chi connectivity index (χ0) is 16.8. The minimum atomic E-state index is -0.376. The van der Waals surface area contributed by atoms with E-state index in [0.29, 0.717) is 22.7 Å². The molecule has 0 atom stereocenters. The van der Waals surface area contributed by atoms with Gasteiger partial charge in [0.05, 0.1) is 14.2 Å². The second-order valence-corrected chi connectivity index (χ2v) is 4.87. The number of nitrogens with one attached hydrogen (secondary N) is 1. The number of benzene rings is 2. The summed E-state index contributed by atoms with van der Waals surface area (Å²) < 4.78 is 23.9. The highest BCUT2D eigenvalue weighted by atomic mass is 19.1. The molecule has 5 heteroatoms. The number of hydrogen-bond acceptors (Lipinski definition) is 3. The van der Waals surface area contributed by atoms with Gasteiger partial charge in [0.15, 0.2) is 11.5 Å². The number of amides is 1. The highest BCUT2D eigenvalue weighted by molar-refractivity contribution is 6.02. The lowest BCUT2D eigenvalue weighted by Crippen LogP contribution is -2.09. The first-order chi connectivity index (χ1) is 11.0. The van der Waals surface area contributed by atoms with Gasteiger partial charge in [0.1, 0.15) is 5.82 Å². The Balaban J connectivity index is 2.16. The van der Waals surface area contributed by atoms with Crippen molar-refractivity contribution in [1.82, 2.24) is 0 Å². The maximum absolute atomic E-state index is 13.5. The van der Waals surface area contributed by atoms with Crippen molar-refractivity contribution in [2.75, 3.05) is 19.5 Å². The topological polar surface area (TPSA) is 47.6 Å². The van der Waals surface area contributed by atoms with E-state index in [1.165, 1.54) is 25.3 Å². The van der Waals surface area contributed by atoms with Crippen molar-refractivity contribution < 1.29 is 18.7 Å². The number of carbonyl (C=O) groups excluding carboxylic acids is 1. The molecule has 0 aromatic heterocycles. The molecule has 0 radical (unpaired) electrons. The summed E-state index contributed by atoms with van der Waals surface area (Å²) in [4.78, 5) is 12.0. The van der Waals surface area contributed by atoms with Crippen molar-refractivity contribution in [3.8, 4) is 11.5 Å². The molecule has 0 aliphatic heterocycles. The Hall–Kier alpha value is -2.82.